The molecule has 0 unspecified atom stereocenters. The van der Waals surface area contributed by atoms with Crippen LogP contribution in [0.5, 0.6) is 0 Å². The van der Waals surface area contributed by atoms with Crippen LogP contribution < -0.4 is 5.73 Å². The fraction of sp³-hybridized carbons (Fsp3) is 1.00. The van der Waals surface area contributed by atoms with Gasteiger partial charge in [-0.3, -0.25) is 0 Å². The van der Waals surface area contributed by atoms with Crippen molar-refractivity contribution < 1.29 is 13.2 Å². The molecule has 1 aliphatic heterocycles. The van der Waals surface area contributed by atoms with Crippen molar-refractivity contribution in [3.8, 4) is 0 Å². The Hall–Kier alpha value is -0.210. The summed E-state index contributed by atoms with van der Waals surface area (Å²) in [5.74, 6) is 0.0869. The lowest BCUT2D eigenvalue weighted by atomic mass is 10.3. The highest BCUT2D eigenvalue weighted by molar-refractivity contribution is 7.89. The zero-order valence-corrected chi connectivity index (χ0v) is 12.7. The predicted molar refractivity (Wildman–Crippen MR) is 76.6 cm³/mol. The molecule has 6 nitrogen and oxygen atoms in total. The summed E-state index contributed by atoms with van der Waals surface area (Å²) >= 11 is 0. The summed E-state index contributed by atoms with van der Waals surface area (Å²) < 4.78 is 31.0. The molecule has 1 fully saturated rings. The van der Waals surface area contributed by atoms with Gasteiger partial charge in [-0.15, -0.1) is 0 Å². The molecule has 0 aromatic rings. The van der Waals surface area contributed by atoms with E-state index in [1.54, 1.807) is 4.31 Å². The molecule has 7 heteroatoms. The third-order valence-electron chi connectivity index (χ3n) is 3.31. The van der Waals surface area contributed by atoms with Crippen LogP contribution in [-0.4, -0.2) is 75.9 Å². The summed E-state index contributed by atoms with van der Waals surface area (Å²) in [6.45, 7) is 7.32. The molecule has 114 valence electrons. The second kappa shape index (κ2) is 8.86. The van der Waals surface area contributed by atoms with Crippen LogP contribution in [-0.2, 0) is 14.8 Å². The van der Waals surface area contributed by atoms with E-state index in [1.165, 1.54) is 0 Å². The molecule has 2 N–H and O–H groups in total. The van der Waals surface area contributed by atoms with E-state index in [1.807, 2.05) is 6.92 Å². The maximum absolute atomic E-state index is 12.1. The molecule has 19 heavy (non-hydrogen) atoms. The lowest BCUT2D eigenvalue weighted by Gasteiger charge is -2.21. The van der Waals surface area contributed by atoms with Gasteiger partial charge in [0.1, 0.15) is 0 Å². The highest BCUT2D eigenvalue weighted by Crippen LogP contribution is 2.09. The van der Waals surface area contributed by atoms with Crippen molar-refractivity contribution in [2.45, 2.75) is 19.8 Å². The number of hydrogen-bond acceptors (Lipinski definition) is 5. The molecule has 0 aromatic heterocycles. The number of hydrogen-bond donors (Lipinski definition) is 1. The van der Waals surface area contributed by atoms with Gasteiger partial charge >= 0.3 is 0 Å². The van der Waals surface area contributed by atoms with E-state index in [-0.39, 0.29) is 12.4 Å². The second-order valence-corrected chi connectivity index (χ2v) is 6.84. The first-order valence-electron chi connectivity index (χ1n) is 7.08. The number of nitrogens with zero attached hydrogens (tertiary/aromatic N) is 2. The average molecular weight is 293 g/mol. The van der Waals surface area contributed by atoms with Crippen LogP contribution in [0.2, 0.25) is 0 Å². The van der Waals surface area contributed by atoms with Crippen molar-refractivity contribution in [1.29, 1.82) is 0 Å². The van der Waals surface area contributed by atoms with Crippen LogP contribution in [0, 0.1) is 0 Å². The van der Waals surface area contributed by atoms with Gasteiger partial charge in [-0.05, 0) is 39.4 Å². The summed E-state index contributed by atoms with van der Waals surface area (Å²) in [5, 5.41) is 0. The maximum Gasteiger partial charge on any atom is 0.216 e. The molecule has 0 saturated carbocycles. The molecule has 0 aliphatic carbocycles. The summed E-state index contributed by atoms with van der Waals surface area (Å²) in [4.78, 5) is 2.30. The van der Waals surface area contributed by atoms with E-state index in [4.69, 9.17) is 10.5 Å². The van der Waals surface area contributed by atoms with Crippen molar-refractivity contribution in [3.05, 3.63) is 0 Å². The molecule has 0 spiro atoms. The largest absolute Gasteiger partial charge is 0.381 e. The number of nitrogens with two attached hydrogens (primary N) is 1. The van der Waals surface area contributed by atoms with Crippen molar-refractivity contribution in [3.63, 3.8) is 0 Å². The van der Waals surface area contributed by atoms with Crippen molar-refractivity contribution in [2.24, 2.45) is 5.73 Å². The average Bonchev–Trinajstić information content (AvgIpc) is 2.62. The number of rotatable bonds is 8. The predicted octanol–water partition coefficient (Wildman–Crippen LogP) is -0.291. The Morgan fingerprint density at radius 2 is 2.00 bits per heavy atom. The molecular formula is C12H27N3O3S. The van der Waals surface area contributed by atoms with Gasteiger partial charge in [-0.2, -0.15) is 0 Å². The molecule has 0 radical (unpaired) electrons. The van der Waals surface area contributed by atoms with E-state index in [0.29, 0.717) is 26.2 Å². The van der Waals surface area contributed by atoms with Crippen molar-refractivity contribution in [1.82, 2.24) is 9.21 Å². The lowest BCUT2D eigenvalue weighted by Crippen LogP contribution is -2.37. The minimum atomic E-state index is -3.17. The van der Waals surface area contributed by atoms with Gasteiger partial charge in [-0.25, -0.2) is 12.7 Å². The van der Waals surface area contributed by atoms with Crippen LogP contribution >= 0.6 is 0 Å². The Labute approximate surface area is 116 Å². The fourth-order valence-corrected chi connectivity index (χ4v) is 3.56. The zero-order valence-electron chi connectivity index (χ0n) is 11.9. The van der Waals surface area contributed by atoms with E-state index < -0.39 is 10.0 Å². The van der Waals surface area contributed by atoms with Gasteiger partial charge in [0.05, 0.1) is 12.4 Å². The van der Waals surface area contributed by atoms with Gasteiger partial charge in [-0.1, -0.05) is 0 Å². The summed E-state index contributed by atoms with van der Waals surface area (Å²) in [7, 11) is -3.17. The standard InChI is InChI=1S/C12H27N3O3S/c1-2-18-11-12-19(16,17)15-8-4-7-14(9-10-15)6-3-5-13/h2-13H2,1H3. The highest BCUT2D eigenvalue weighted by atomic mass is 32.2. The smallest absolute Gasteiger partial charge is 0.216 e. The summed E-state index contributed by atoms with van der Waals surface area (Å²) in [6, 6.07) is 0. The first-order valence-corrected chi connectivity index (χ1v) is 8.69. The minimum Gasteiger partial charge on any atom is -0.381 e. The summed E-state index contributed by atoms with van der Waals surface area (Å²) in [5.41, 5.74) is 5.50. The van der Waals surface area contributed by atoms with E-state index >= 15 is 0 Å². The Kier molecular flexibility index (Phi) is 7.86. The second-order valence-electron chi connectivity index (χ2n) is 4.75. The molecule has 1 saturated heterocycles. The molecule has 1 rings (SSSR count). The molecule has 1 heterocycles. The first-order chi connectivity index (χ1) is 9.10. The normalized spacial score (nSPS) is 19.5. The Bertz CT molecular complexity index is 335. The fourth-order valence-electron chi connectivity index (χ4n) is 2.20. The molecular weight excluding hydrogens is 266 g/mol. The van der Waals surface area contributed by atoms with Crippen molar-refractivity contribution in [2.75, 3.05) is 58.2 Å². The number of sulfonamides is 1. The van der Waals surface area contributed by atoms with E-state index in [2.05, 4.69) is 4.90 Å². The third kappa shape index (κ3) is 6.18. The lowest BCUT2D eigenvalue weighted by molar-refractivity contribution is 0.162. The highest BCUT2D eigenvalue weighted by Gasteiger charge is 2.24. The number of ether oxygens (including phenoxy) is 1. The third-order valence-corrected chi connectivity index (χ3v) is 5.14. The van der Waals surface area contributed by atoms with Gasteiger partial charge in [0.15, 0.2) is 0 Å². The van der Waals surface area contributed by atoms with Crippen LogP contribution in [0.3, 0.4) is 0 Å². The minimum absolute atomic E-state index is 0.0869. The zero-order chi connectivity index (χ0) is 14.1. The van der Waals surface area contributed by atoms with Gasteiger partial charge in [0, 0.05) is 26.2 Å². The molecule has 0 bridgehead atoms. The van der Waals surface area contributed by atoms with Gasteiger partial charge < -0.3 is 15.4 Å². The molecule has 0 atom stereocenters. The maximum atomic E-state index is 12.1. The van der Waals surface area contributed by atoms with Crippen molar-refractivity contribution >= 4 is 10.0 Å². The van der Waals surface area contributed by atoms with E-state index in [9.17, 15) is 8.42 Å². The molecule has 0 amide bonds. The van der Waals surface area contributed by atoms with Crippen LogP contribution in [0.15, 0.2) is 0 Å². The first kappa shape index (κ1) is 16.8. The summed E-state index contributed by atoms with van der Waals surface area (Å²) in [6.07, 6.45) is 1.86. The monoisotopic (exact) mass is 293 g/mol. The Morgan fingerprint density at radius 1 is 1.21 bits per heavy atom. The molecule has 0 aromatic carbocycles. The Morgan fingerprint density at radius 3 is 2.68 bits per heavy atom. The van der Waals surface area contributed by atoms with E-state index in [0.717, 1.165) is 32.5 Å². The van der Waals surface area contributed by atoms with Gasteiger partial charge in [0.2, 0.25) is 10.0 Å². The SMILES string of the molecule is CCOCCS(=O)(=O)N1CCCN(CCCN)CC1. The Balaban J connectivity index is 2.42. The van der Waals surface area contributed by atoms with Crippen LogP contribution in [0.1, 0.15) is 19.8 Å². The van der Waals surface area contributed by atoms with Gasteiger partial charge in [0.25, 0.3) is 0 Å². The van der Waals surface area contributed by atoms with Crippen LogP contribution in [0.4, 0.5) is 0 Å². The topological polar surface area (TPSA) is 75.9 Å². The van der Waals surface area contributed by atoms with Crippen LogP contribution in [0.25, 0.3) is 0 Å². The molecule has 1 aliphatic rings. The quantitative estimate of drug-likeness (QED) is 0.622.